The molecule has 1 rings (SSSR count). The highest BCUT2D eigenvalue weighted by Gasteiger charge is 2.15. The lowest BCUT2D eigenvalue weighted by atomic mass is 10.00. The van der Waals surface area contributed by atoms with Gasteiger partial charge in [0.05, 0.1) is 14.2 Å². The molecule has 0 bridgehead atoms. The van der Waals surface area contributed by atoms with Gasteiger partial charge in [0, 0.05) is 0 Å². The van der Waals surface area contributed by atoms with Gasteiger partial charge in [0.25, 0.3) is 0 Å². The van der Waals surface area contributed by atoms with E-state index in [4.69, 9.17) is 9.47 Å². The Morgan fingerprint density at radius 3 is 2.58 bits per heavy atom. The Balaban J connectivity index is 2.89. The molecule has 0 aromatic heterocycles. The van der Waals surface area contributed by atoms with Crippen molar-refractivity contribution in [1.29, 1.82) is 0 Å². The van der Waals surface area contributed by atoms with Gasteiger partial charge in [-0.25, -0.2) is 0 Å². The maximum absolute atomic E-state index is 5.28. The third kappa shape index (κ3) is 1.63. The molecular weight excluding hydrogens is 152 g/mol. The second kappa shape index (κ2) is 4.19. The van der Waals surface area contributed by atoms with E-state index in [9.17, 15) is 0 Å². The summed E-state index contributed by atoms with van der Waals surface area (Å²) in [6.45, 7) is 2.15. The third-order valence-electron chi connectivity index (χ3n) is 2.17. The number of allylic oxidation sites excluding steroid dienone is 2. The van der Waals surface area contributed by atoms with Crippen molar-refractivity contribution in [3.8, 4) is 0 Å². The van der Waals surface area contributed by atoms with Crippen LogP contribution >= 0.6 is 0 Å². The van der Waals surface area contributed by atoms with E-state index in [1.165, 1.54) is 5.57 Å². The van der Waals surface area contributed by atoms with Gasteiger partial charge < -0.3 is 9.47 Å². The van der Waals surface area contributed by atoms with E-state index in [1.807, 2.05) is 0 Å². The molecule has 2 heteroatoms. The Labute approximate surface area is 73.9 Å². The first kappa shape index (κ1) is 9.17. The van der Waals surface area contributed by atoms with Crippen LogP contribution in [0, 0.1) is 0 Å². The van der Waals surface area contributed by atoms with Crippen molar-refractivity contribution < 1.29 is 9.47 Å². The Morgan fingerprint density at radius 2 is 2.08 bits per heavy atom. The smallest absolute Gasteiger partial charge is 0.159 e. The predicted molar refractivity (Wildman–Crippen MR) is 48.7 cm³/mol. The quantitative estimate of drug-likeness (QED) is 0.645. The van der Waals surface area contributed by atoms with Crippen LogP contribution in [0.5, 0.6) is 0 Å². The lowest BCUT2D eigenvalue weighted by Gasteiger charge is -2.18. The van der Waals surface area contributed by atoms with Gasteiger partial charge in [-0.1, -0.05) is 6.92 Å². The highest BCUT2D eigenvalue weighted by atomic mass is 16.5. The normalized spacial score (nSPS) is 17.4. The van der Waals surface area contributed by atoms with Crippen molar-refractivity contribution in [3.63, 3.8) is 0 Å². The standard InChI is InChI=1S/C10H16O2/c1-4-8-6-5-7-9(11-2)10(8)12-3/h7H,4-6H2,1-3H3. The molecule has 0 N–H and O–H groups in total. The van der Waals surface area contributed by atoms with Crippen LogP contribution < -0.4 is 0 Å². The monoisotopic (exact) mass is 168 g/mol. The SMILES string of the molecule is CCC1=C(OC)C(OC)=CCC1. The molecule has 0 fully saturated rings. The van der Waals surface area contributed by atoms with E-state index in [0.717, 1.165) is 30.8 Å². The van der Waals surface area contributed by atoms with E-state index < -0.39 is 0 Å². The maximum atomic E-state index is 5.28. The largest absolute Gasteiger partial charge is 0.493 e. The number of methoxy groups -OCH3 is 2. The van der Waals surface area contributed by atoms with Gasteiger partial charge in [-0.15, -0.1) is 0 Å². The fourth-order valence-electron chi connectivity index (χ4n) is 1.52. The predicted octanol–water partition coefficient (Wildman–Crippen LogP) is 2.62. The lowest BCUT2D eigenvalue weighted by Crippen LogP contribution is -2.04. The van der Waals surface area contributed by atoms with Crippen LogP contribution in [0.2, 0.25) is 0 Å². The summed E-state index contributed by atoms with van der Waals surface area (Å²) in [4.78, 5) is 0. The minimum atomic E-state index is 0.889. The average molecular weight is 168 g/mol. The lowest BCUT2D eigenvalue weighted by molar-refractivity contribution is 0.211. The number of hydrogen-bond donors (Lipinski definition) is 0. The number of rotatable bonds is 3. The zero-order valence-corrected chi connectivity index (χ0v) is 8.02. The first-order valence-corrected chi connectivity index (χ1v) is 4.34. The van der Waals surface area contributed by atoms with Crippen LogP contribution in [0.1, 0.15) is 26.2 Å². The first-order valence-electron chi connectivity index (χ1n) is 4.34. The molecule has 12 heavy (non-hydrogen) atoms. The summed E-state index contributed by atoms with van der Waals surface area (Å²) in [6, 6.07) is 0. The highest BCUT2D eigenvalue weighted by Crippen LogP contribution is 2.27. The van der Waals surface area contributed by atoms with Gasteiger partial charge in [0.15, 0.2) is 11.5 Å². The third-order valence-corrected chi connectivity index (χ3v) is 2.17. The van der Waals surface area contributed by atoms with E-state index in [1.54, 1.807) is 14.2 Å². The summed E-state index contributed by atoms with van der Waals surface area (Å²) < 4.78 is 10.5. The second-order valence-corrected chi connectivity index (χ2v) is 2.80. The fraction of sp³-hybridized carbons (Fsp3) is 0.600. The van der Waals surface area contributed by atoms with Crippen LogP contribution in [0.4, 0.5) is 0 Å². The fourth-order valence-corrected chi connectivity index (χ4v) is 1.52. The molecule has 0 heterocycles. The number of hydrogen-bond acceptors (Lipinski definition) is 2. The maximum Gasteiger partial charge on any atom is 0.159 e. The molecular formula is C10H16O2. The van der Waals surface area contributed by atoms with Crippen molar-refractivity contribution in [3.05, 3.63) is 23.2 Å². The average Bonchev–Trinajstić information content (AvgIpc) is 2.16. The van der Waals surface area contributed by atoms with Crippen molar-refractivity contribution in [2.45, 2.75) is 26.2 Å². The van der Waals surface area contributed by atoms with Gasteiger partial charge in [-0.05, 0) is 30.9 Å². The van der Waals surface area contributed by atoms with Crippen LogP contribution in [-0.2, 0) is 9.47 Å². The summed E-state index contributed by atoms with van der Waals surface area (Å²) in [5, 5.41) is 0. The van der Waals surface area contributed by atoms with Crippen LogP contribution in [0.3, 0.4) is 0 Å². The van der Waals surface area contributed by atoms with Crippen LogP contribution in [0.15, 0.2) is 23.2 Å². The van der Waals surface area contributed by atoms with Crippen LogP contribution in [-0.4, -0.2) is 14.2 Å². The van der Waals surface area contributed by atoms with Gasteiger partial charge in [0.2, 0.25) is 0 Å². The van der Waals surface area contributed by atoms with E-state index >= 15 is 0 Å². The Hall–Kier alpha value is -0.920. The molecule has 1 aliphatic carbocycles. The van der Waals surface area contributed by atoms with E-state index in [2.05, 4.69) is 13.0 Å². The van der Waals surface area contributed by atoms with Crippen molar-refractivity contribution >= 4 is 0 Å². The van der Waals surface area contributed by atoms with Gasteiger partial charge in [-0.2, -0.15) is 0 Å². The molecule has 0 aliphatic heterocycles. The van der Waals surface area contributed by atoms with E-state index in [0.29, 0.717) is 0 Å². The molecule has 0 unspecified atom stereocenters. The zero-order valence-electron chi connectivity index (χ0n) is 8.02. The Bertz CT molecular complexity index is 214. The van der Waals surface area contributed by atoms with Crippen LogP contribution in [0.25, 0.3) is 0 Å². The minimum absolute atomic E-state index is 0.889. The van der Waals surface area contributed by atoms with E-state index in [-0.39, 0.29) is 0 Å². The molecule has 0 amide bonds. The molecule has 0 radical (unpaired) electrons. The van der Waals surface area contributed by atoms with Crippen molar-refractivity contribution in [2.24, 2.45) is 0 Å². The second-order valence-electron chi connectivity index (χ2n) is 2.80. The summed E-state index contributed by atoms with van der Waals surface area (Å²) in [6.07, 6.45) is 5.30. The molecule has 1 aliphatic rings. The molecule has 0 aromatic carbocycles. The van der Waals surface area contributed by atoms with Gasteiger partial charge >= 0.3 is 0 Å². The van der Waals surface area contributed by atoms with Gasteiger partial charge in [-0.3, -0.25) is 0 Å². The molecule has 0 spiro atoms. The topological polar surface area (TPSA) is 18.5 Å². The first-order chi connectivity index (χ1) is 5.83. The Morgan fingerprint density at radius 1 is 1.33 bits per heavy atom. The zero-order chi connectivity index (χ0) is 8.97. The molecule has 0 saturated carbocycles. The summed E-state index contributed by atoms with van der Waals surface area (Å²) in [5.74, 6) is 1.83. The summed E-state index contributed by atoms with van der Waals surface area (Å²) in [7, 11) is 3.38. The highest BCUT2D eigenvalue weighted by molar-refractivity contribution is 5.29. The summed E-state index contributed by atoms with van der Waals surface area (Å²) in [5.41, 5.74) is 1.36. The molecule has 0 saturated heterocycles. The summed E-state index contributed by atoms with van der Waals surface area (Å²) >= 11 is 0. The molecule has 0 aromatic rings. The number of ether oxygens (including phenoxy) is 2. The minimum Gasteiger partial charge on any atom is -0.493 e. The molecule has 2 nitrogen and oxygen atoms in total. The van der Waals surface area contributed by atoms with Crippen molar-refractivity contribution in [2.75, 3.05) is 14.2 Å². The molecule has 68 valence electrons. The van der Waals surface area contributed by atoms with Gasteiger partial charge in [0.1, 0.15) is 0 Å². The molecule has 0 atom stereocenters. The Kier molecular flexibility index (Phi) is 3.20. The van der Waals surface area contributed by atoms with Crippen molar-refractivity contribution in [1.82, 2.24) is 0 Å².